The zero-order valence-corrected chi connectivity index (χ0v) is 11.6. The van der Waals surface area contributed by atoms with Crippen LogP contribution in [0, 0.1) is 11.8 Å². The third kappa shape index (κ3) is 4.27. The molecule has 0 saturated carbocycles. The van der Waals surface area contributed by atoms with E-state index in [0.29, 0.717) is 48.9 Å². The van der Waals surface area contributed by atoms with Crippen LogP contribution in [-0.2, 0) is 0 Å². The number of nitrogens with two attached hydrogens (primary N) is 2. The molecule has 0 amide bonds. The molecule has 7 nitrogen and oxygen atoms in total. The molecule has 0 saturated heterocycles. The lowest BCUT2D eigenvalue weighted by molar-refractivity contribution is 0.233. The Bertz CT molecular complexity index is 452. The minimum absolute atomic E-state index is 0.0516. The van der Waals surface area contributed by atoms with Crippen LogP contribution in [0.25, 0.3) is 0 Å². The summed E-state index contributed by atoms with van der Waals surface area (Å²) in [7, 11) is 0. The van der Waals surface area contributed by atoms with Gasteiger partial charge in [0, 0.05) is 19.4 Å². The summed E-state index contributed by atoms with van der Waals surface area (Å²) in [4.78, 5) is 10.0. The highest BCUT2D eigenvalue weighted by atomic mass is 16.5. The molecule has 0 aliphatic carbocycles. The second-order valence-electron chi connectivity index (χ2n) is 4.33. The van der Waals surface area contributed by atoms with E-state index < -0.39 is 0 Å². The Labute approximate surface area is 117 Å². The van der Waals surface area contributed by atoms with Crippen molar-refractivity contribution in [1.82, 2.24) is 0 Å². The summed E-state index contributed by atoms with van der Waals surface area (Å²) in [6.45, 7) is 2.74. The lowest BCUT2D eigenvalue weighted by atomic mass is 10.1. The number of nitrogens with zero attached hydrogens (tertiary/aromatic N) is 1. The molecular weight excluding hydrogens is 262 g/mol. The first kappa shape index (κ1) is 16.0. The van der Waals surface area contributed by atoms with Crippen molar-refractivity contribution in [3.63, 3.8) is 0 Å². The Morgan fingerprint density at radius 1 is 1.20 bits per heavy atom. The average Bonchev–Trinajstić information content (AvgIpc) is 2.41. The average molecular weight is 283 g/mol. The van der Waals surface area contributed by atoms with E-state index in [1.54, 1.807) is 6.07 Å². The molecule has 0 fully saturated rings. The van der Waals surface area contributed by atoms with Crippen molar-refractivity contribution in [2.24, 2.45) is 5.18 Å². The molecule has 0 aliphatic heterocycles. The van der Waals surface area contributed by atoms with Gasteiger partial charge in [0.05, 0.1) is 25.4 Å². The van der Waals surface area contributed by atoms with Crippen molar-refractivity contribution in [2.75, 3.05) is 37.8 Å². The molecule has 0 aromatic heterocycles. The number of aliphatic hydroxyl groups is 1. The van der Waals surface area contributed by atoms with Gasteiger partial charge in [-0.3, -0.25) is 0 Å². The maximum absolute atomic E-state index is 10.0. The van der Waals surface area contributed by atoms with Gasteiger partial charge in [-0.1, -0.05) is 5.18 Å². The molecule has 20 heavy (non-hydrogen) atoms. The molecule has 1 aromatic rings. The highest BCUT2D eigenvalue weighted by Crippen LogP contribution is 2.40. The Hall–Kier alpha value is -2.02. The number of aliphatic hydroxyl groups excluding tert-OH is 1. The van der Waals surface area contributed by atoms with Gasteiger partial charge < -0.3 is 26.0 Å². The van der Waals surface area contributed by atoms with Gasteiger partial charge in [-0.05, 0) is 18.6 Å². The fraction of sp³-hybridized carbons (Fsp3) is 0.538. The Morgan fingerprint density at radius 3 is 2.50 bits per heavy atom. The van der Waals surface area contributed by atoms with Gasteiger partial charge in [-0.2, -0.15) is 4.91 Å². The molecule has 7 heteroatoms. The van der Waals surface area contributed by atoms with Crippen LogP contribution in [0.4, 0.5) is 11.4 Å². The maximum Gasteiger partial charge on any atom is 0.168 e. The molecule has 0 atom stereocenters. The van der Waals surface area contributed by atoms with Crippen molar-refractivity contribution < 1.29 is 14.6 Å². The number of hydrogen-bond acceptors (Lipinski definition) is 7. The largest absolute Gasteiger partial charge is 0.491 e. The predicted octanol–water partition coefficient (Wildman–Crippen LogP) is 1.46. The summed E-state index contributed by atoms with van der Waals surface area (Å²) in [5.74, 6) is 0.872. The van der Waals surface area contributed by atoms with Crippen molar-refractivity contribution >= 4 is 11.4 Å². The molecular formula is C13H21N3O4. The van der Waals surface area contributed by atoms with Gasteiger partial charge in [-0.25, -0.2) is 0 Å². The Kier molecular flexibility index (Phi) is 6.58. The summed E-state index contributed by atoms with van der Waals surface area (Å²) in [6, 6.07) is 1.72. The standard InChI is InChI=1S/C13H21N3O4/c1-9-8-10(14)13(20-6-2-4-16-18)11(15)12(9)19-7-3-5-17/h8,17H,2-7,14-15H2,1H3. The topological polar surface area (TPSA) is 120 Å². The van der Waals surface area contributed by atoms with Crippen LogP contribution in [0.2, 0.25) is 0 Å². The second-order valence-corrected chi connectivity index (χ2v) is 4.33. The highest BCUT2D eigenvalue weighted by Gasteiger charge is 2.15. The third-order valence-electron chi connectivity index (χ3n) is 2.67. The van der Waals surface area contributed by atoms with E-state index in [-0.39, 0.29) is 13.2 Å². The number of rotatable bonds is 9. The number of ether oxygens (including phenoxy) is 2. The lowest BCUT2D eigenvalue weighted by Gasteiger charge is -2.17. The van der Waals surface area contributed by atoms with Crippen LogP contribution in [-0.4, -0.2) is 31.5 Å². The third-order valence-corrected chi connectivity index (χ3v) is 2.67. The van der Waals surface area contributed by atoms with Gasteiger partial charge in [0.2, 0.25) is 0 Å². The SMILES string of the molecule is Cc1cc(N)c(OCCCN=O)c(N)c1OCCCO. The van der Waals surface area contributed by atoms with Crippen LogP contribution < -0.4 is 20.9 Å². The summed E-state index contributed by atoms with van der Waals surface area (Å²) in [5.41, 5.74) is 13.4. The van der Waals surface area contributed by atoms with Gasteiger partial charge in [0.25, 0.3) is 0 Å². The number of anilines is 2. The molecule has 1 rings (SSSR count). The number of aryl methyl sites for hydroxylation is 1. The van der Waals surface area contributed by atoms with Crippen LogP contribution in [0.1, 0.15) is 18.4 Å². The van der Waals surface area contributed by atoms with Gasteiger partial charge in [0.1, 0.15) is 11.4 Å². The first-order valence-corrected chi connectivity index (χ1v) is 6.46. The van der Waals surface area contributed by atoms with Crippen LogP contribution in [0.5, 0.6) is 11.5 Å². The van der Waals surface area contributed by atoms with Crippen molar-refractivity contribution in [3.05, 3.63) is 16.5 Å². The van der Waals surface area contributed by atoms with Gasteiger partial charge in [-0.15, -0.1) is 0 Å². The van der Waals surface area contributed by atoms with Gasteiger partial charge >= 0.3 is 0 Å². The predicted molar refractivity (Wildman–Crippen MR) is 78.0 cm³/mol. The summed E-state index contributed by atoms with van der Waals surface area (Å²) >= 11 is 0. The van der Waals surface area contributed by atoms with Crippen molar-refractivity contribution in [1.29, 1.82) is 0 Å². The summed E-state index contributed by atoms with van der Waals surface area (Å²) in [6.07, 6.45) is 1.02. The van der Waals surface area contributed by atoms with E-state index in [1.165, 1.54) is 0 Å². The molecule has 112 valence electrons. The molecule has 0 spiro atoms. The second kappa shape index (κ2) is 8.21. The van der Waals surface area contributed by atoms with E-state index in [1.807, 2.05) is 6.92 Å². The number of nitrogen functional groups attached to an aromatic ring is 2. The van der Waals surface area contributed by atoms with E-state index in [4.69, 9.17) is 26.0 Å². The molecule has 0 radical (unpaired) electrons. The molecule has 0 aliphatic rings. The van der Waals surface area contributed by atoms with Crippen LogP contribution in [0.15, 0.2) is 11.2 Å². The normalized spacial score (nSPS) is 10.3. The van der Waals surface area contributed by atoms with E-state index in [2.05, 4.69) is 5.18 Å². The molecule has 0 bridgehead atoms. The smallest absolute Gasteiger partial charge is 0.168 e. The maximum atomic E-state index is 10.0. The monoisotopic (exact) mass is 283 g/mol. The van der Waals surface area contributed by atoms with Crippen molar-refractivity contribution in [2.45, 2.75) is 19.8 Å². The number of nitroso groups, excluding NO2 is 1. The fourth-order valence-corrected chi connectivity index (χ4v) is 1.73. The first-order chi connectivity index (χ1) is 9.61. The zero-order valence-electron chi connectivity index (χ0n) is 11.6. The summed E-state index contributed by atoms with van der Waals surface area (Å²) in [5, 5.41) is 11.5. The molecule has 1 aromatic carbocycles. The minimum atomic E-state index is 0.0516. The van der Waals surface area contributed by atoms with E-state index in [9.17, 15) is 4.91 Å². The number of benzene rings is 1. The van der Waals surface area contributed by atoms with Gasteiger partial charge in [0.15, 0.2) is 5.75 Å². The highest BCUT2D eigenvalue weighted by molar-refractivity contribution is 5.75. The fourth-order valence-electron chi connectivity index (χ4n) is 1.73. The molecule has 0 heterocycles. The van der Waals surface area contributed by atoms with Crippen LogP contribution >= 0.6 is 0 Å². The van der Waals surface area contributed by atoms with E-state index in [0.717, 1.165) is 5.56 Å². The van der Waals surface area contributed by atoms with Crippen molar-refractivity contribution in [3.8, 4) is 11.5 Å². The summed E-state index contributed by atoms with van der Waals surface area (Å²) < 4.78 is 11.0. The number of hydrogen-bond donors (Lipinski definition) is 3. The molecule has 0 unspecified atom stereocenters. The lowest BCUT2D eigenvalue weighted by Crippen LogP contribution is -2.09. The van der Waals surface area contributed by atoms with Crippen LogP contribution in [0.3, 0.4) is 0 Å². The Balaban J connectivity index is 2.82. The van der Waals surface area contributed by atoms with E-state index >= 15 is 0 Å². The Morgan fingerprint density at radius 2 is 1.85 bits per heavy atom. The zero-order chi connectivity index (χ0) is 15.0. The molecule has 5 N–H and O–H groups in total. The minimum Gasteiger partial charge on any atom is -0.491 e. The first-order valence-electron chi connectivity index (χ1n) is 6.46. The quantitative estimate of drug-likeness (QED) is 0.358.